The standard InChI is InChI=1S/C26H24F6N2O3/c27-18-10-25(23(33)36,21(14-4-5-14)19-7-6-17(9-20(19)28)26(30,31)32)34(11-18)22(35)15-2-1-3-16(8-15)24(29)12-37-13-24/h1-3,6-9,14,18,21H,4-5,10-13H2,(H2,33,36)/t18?,21-,25+/m1/s1. The molecule has 1 unspecified atom stereocenters. The van der Waals surface area contributed by atoms with Gasteiger partial charge in [-0.05, 0) is 54.2 Å². The van der Waals surface area contributed by atoms with Crippen LogP contribution in [0.3, 0.4) is 0 Å². The van der Waals surface area contributed by atoms with Crippen molar-refractivity contribution in [2.75, 3.05) is 19.8 Å². The Bertz CT molecular complexity index is 1240. The maximum Gasteiger partial charge on any atom is 0.416 e. The second kappa shape index (κ2) is 8.75. The van der Waals surface area contributed by atoms with Crippen molar-refractivity contribution in [2.24, 2.45) is 11.7 Å². The summed E-state index contributed by atoms with van der Waals surface area (Å²) in [5.74, 6) is -4.65. The first-order valence-electron chi connectivity index (χ1n) is 11.9. The lowest BCUT2D eigenvalue weighted by Crippen LogP contribution is -2.60. The summed E-state index contributed by atoms with van der Waals surface area (Å²) >= 11 is 0. The first kappa shape index (κ1) is 25.6. The molecular formula is C26H24F6N2O3. The molecule has 0 spiro atoms. The van der Waals surface area contributed by atoms with Crippen molar-refractivity contribution in [3.8, 4) is 0 Å². The number of hydrogen-bond donors (Lipinski definition) is 1. The van der Waals surface area contributed by atoms with Crippen LogP contribution in [-0.2, 0) is 21.4 Å². The first-order chi connectivity index (χ1) is 17.4. The predicted molar refractivity (Wildman–Crippen MR) is 119 cm³/mol. The van der Waals surface area contributed by atoms with E-state index in [0.717, 1.165) is 11.0 Å². The molecule has 1 aliphatic carbocycles. The number of benzene rings is 2. The number of rotatable bonds is 6. The number of primary amides is 1. The summed E-state index contributed by atoms with van der Waals surface area (Å²) in [6, 6.07) is 7.58. The molecule has 2 saturated heterocycles. The van der Waals surface area contributed by atoms with E-state index < -0.39 is 71.6 Å². The molecule has 3 atom stereocenters. The van der Waals surface area contributed by atoms with Crippen LogP contribution >= 0.6 is 0 Å². The Morgan fingerprint density at radius 3 is 2.35 bits per heavy atom. The van der Waals surface area contributed by atoms with Gasteiger partial charge in [-0.25, -0.2) is 13.2 Å². The molecule has 0 bridgehead atoms. The Morgan fingerprint density at radius 2 is 1.81 bits per heavy atom. The molecule has 2 aromatic carbocycles. The summed E-state index contributed by atoms with van der Waals surface area (Å²) in [6.45, 7) is -0.909. The number of likely N-dealkylation sites (tertiary alicyclic amines) is 1. The summed E-state index contributed by atoms with van der Waals surface area (Å²) in [7, 11) is 0. The zero-order valence-corrected chi connectivity index (χ0v) is 19.5. The predicted octanol–water partition coefficient (Wildman–Crippen LogP) is 4.64. The summed E-state index contributed by atoms with van der Waals surface area (Å²) in [4.78, 5) is 27.7. The van der Waals surface area contributed by atoms with Crippen molar-refractivity contribution in [1.82, 2.24) is 4.90 Å². The minimum Gasteiger partial charge on any atom is -0.374 e. The topological polar surface area (TPSA) is 72.6 Å². The number of hydrogen-bond acceptors (Lipinski definition) is 3. The van der Waals surface area contributed by atoms with Crippen molar-refractivity contribution in [1.29, 1.82) is 0 Å². The maximum absolute atomic E-state index is 15.2. The fourth-order valence-corrected chi connectivity index (χ4v) is 5.64. The Morgan fingerprint density at radius 1 is 1.11 bits per heavy atom. The van der Waals surface area contributed by atoms with Gasteiger partial charge in [0.1, 0.15) is 17.5 Å². The van der Waals surface area contributed by atoms with Gasteiger partial charge in [-0.3, -0.25) is 9.59 Å². The summed E-state index contributed by atoms with van der Waals surface area (Å²) in [5, 5.41) is 0. The fraction of sp³-hybridized carbons (Fsp3) is 0.462. The second-order valence-corrected chi connectivity index (χ2v) is 10.1. The van der Waals surface area contributed by atoms with E-state index in [0.29, 0.717) is 25.0 Å². The zero-order chi connectivity index (χ0) is 26.8. The number of nitrogens with zero attached hydrogens (tertiary/aromatic N) is 1. The third kappa shape index (κ3) is 4.26. The smallest absolute Gasteiger partial charge is 0.374 e. The SMILES string of the molecule is NC(=O)[C@@]1([C@@H](c2ccc(C(F)(F)F)cc2F)C2CC2)CC(F)CN1C(=O)c1cccc(C2(F)COC2)c1. The lowest BCUT2D eigenvalue weighted by molar-refractivity contribution is -0.138. The zero-order valence-electron chi connectivity index (χ0n) is 19.5. The molecule has 3 fully saturated rings. The molecule has 2 aromatic rings. The molecule has 11 heteroatoms. The minimum absolute atomic E-state index is 0.0245. The van der Waals surface area contributed by atoms with E-state index >= 15 is 4.39 Å². The highest BCUT2D eigenvalue weighted by atomic mass is 19.4. The number of carbonyl (C=O) groups is 2. The highest BCUT2D eigenvalue weighted by Gasteiger charge is 2.61. The van der Waals surface area contributed by atoms with Crippen molar-refractivity contribution in [3.05, 3.63) is 70.5 Å². The van der Waals surface area contributed by atoms with Gasteiger partial charge in [0.2, 0.25) is 5.91 Å². The highest BCUT2D eigenvalue weighted by molar-refractivity contribution is 6.00. The number of amides is 2. The van der Waals surface area contributed by atoms with Gasteiger partial charge in [0.25, 0.3) is 5.91 Å². The van der Waals surface area contributed by atoms with Gasteiger partial charge < -0.3 is 15.4 Å². The second-order valence-electron chi connectivity index (χ2n) is 10.1. The average molecular weight is 526 g/mol. The minimum atomic E-state index is -4.79. The first-order valence-corrected chi connectivity index (χ1v) is 11.9. The lowest BCUT2D eigenvalue weighted by Gasteiger charge is -2.42. The van der Waals surface area contributed by atoms with E-state index in [9.17, 15) is 31.5 Å². The van der Waals surface area contributed by atoms with Gasteiger partial charge in [0.15, 0.2) is 5.67 Å². The van der Waals surface area contributed by atoms with Crippen molar-refractivity contribution >= 4 is 11.8 Å². The van der Waals surface area contributed by atoms with E-state index in [-0.39, 0.29) is 29.9 Å². The molecule has 0 aromatic heterocycles. The monoisotopic (exact) mass is 526 g/mol. The van der Waals surface area contributed by atoms with Gasteiger partial charge in [-0.15, -0.1) is 0 Å². The molecule has 5 nitrogen and oxygen atoms in total. The quantitative estimate of drug-likeness (QED) is 0.558. The van der Waals surface area contributed by atoms with Crippen LogP contribution in [0.1, 0.15) is 52.2 Å². The Kier molecular flexibility index (Phi) is 6.04. The van der Waals surface area contributed by atoms with E-state index in [1.54, 1.807) is 0 Å². The van der Waals surface area contributed by atoms with Gasteiger partial charge in [0.05, 0.1) is 25.3 Å². The van der Waals surface area contributed by atoms with Crippen LogP contribution < -0.4 is 5.73 Å². The Labute approximate surface area is 208 Å². The summed E-state index contributed by atoms with van der Waals surface area (Å²) < 4.78 is 89.5. The van der Waals surface area contributed by atoms with E-state index in [1.165, 1.54) is 24.3 Å². The maximum atomic E-state index is 15.2. The fourth-order valence-electron chi connectivity index (χ4n) is 5.64. The van der Waals surface area contributed by atoms with Gasteiger partial charge in [-0.2, -0.15) is 13.2 Å². The van der Waals surface area contributed by atoms with Gasteiger partial charge >= 0.3 is 6.18 Å². The van der Waals surface area contributed by atoms with Crippen molar-refractivity contribution in [2.45, 2.75) is 48.7 Å². The molecule has 37 heavy (non-hydrogen) atoms. The molecule has 2 amide bonds. The van der Waals surface area contributed by atoms with Crippen LogP contribution in [0.15, 0.2) is 42.5 Å². The molecule has 5 rings (SSSR count). The highest BCUT2D eigenvalue weighted by Crippen LogP contribution is 2.55. The molecule has 0 radical (unpaired) electrons. The van der Waals surface area contributed by atoms with Crippen LogP contribution in [0.4, 0.5) is 26.3 Å². The van der Waals surface area contributed by atoms with Crippen LogP contribution in [0.2, 0.25) is 0 Å². The number of nitrogens with two attached hydrogens (primary N) is 1. The Hall–Kier alpha value is -3.08. The van der Waals surface area contributed by atoms with E-state index in [4.69, 9.17) is 10.5 Å². The van der Waals surface area contributed by atoms with Crippen LogP contribution in [0, 0.1) is 11.7 Å². The molecule has 3 aliphatic rings. The third-order valence-electron chi connectivity index (χ3n) is 7.63. The average Bonchev–Trinajstić information content (AvgIpc) is 3.59. The van der Waals surface area contributed by atoms with Crippen molar-refractivity contribution < 1.29 is 40.7 Å². The molecule has 2 N–H and O–H groups in total. The third-order valence-corrected chi connectivity index (χ3v) is 7.63. The lowest BCUT2D eigenvalue weighted by atomic mass is 9.73. The molecular weight excluding hydrogens is 502 g/mol. The number of carbonyl (C=O) groups excluding carboxylic acids is 2. The Balaban J connectivity index is 1.59. The molecule has 198 valence electrons. The number of ether oxygens (including phenoxy) is 1. The van der Waals surface area contributed by atoms with E-state index in [2.05, 4.69) is 0 Å². The summed E-state index contributed by atoms with van der Waals surface area (Å²) in [5.41, 5.74) is 0.702. The van der Waals surface area contributed by atoms with Crippen LogP contribution in [0.5, 0.6) is 0 Å². The van der Waals surface area contributed by atoms with Crippen LogP contribution in [0.25, 0.3) is 0 Å². The molecule has 2 aliphatic heterocycles. The molecule has 2 heterocycles. The van der Waals surface area contributed by atoms with Crippen molar-refractivity contribution in [3.63, 3.8) is 0 Å². The van der Waals surface area contributed by atoms with Gasteiger partial charge in [0, 0.05) is 17.9 Å². The normalized spacial score (nSPS) is 26.0. The molecule has 1 saturated carbocycles. The van der Waals surface area contributed by atoms with Gasteiger partial charge in [-0.1, -0.05) is 18.2 Å². The summed E-state index contributed by atoms with van der Waals surface area (Å²) in [6.07, 6.45) is -6.01. The largest absolute Gasteiger partial charge is 0.416 e. The van der Waals surface area contributed by atoms with Crippen LogP contribution in [-0.4, -0.2) is 48.2 Å². The van der Waals surface area contributed by atoms with E-state index in [1.807, 2.05) is 0 Å². The number of alkyl halides is 5. The number of halogens is 6.